The molecule has 0 aliphatic heterocycles. The first kappa shape index (κ1) is 20.1. The third kappa shape index (κ3) is 4.20. The van der Waals surface area contributed by atoms with E-state index in [1.165, 1.54) is 6.07 Å². The number of primary sulfonamides is 1. The van der Waals surface area contributed by atoms with Crippen LogP contribution in [0.2, 0.25) is 0 Å². The Hall–Kier alpha value is -3.22. The van der Waals surface area contributed by atoms with Crippen molar-refractivity contribution in [3.63, 3.8) is 0 Å². The zero-order valence-electron chi connectivity index (χ0n) is 16.8. The molecule has 0 atom stereocenters. The van der Waals surface area contributed by atoms with Gasteiger partial charge in [-0.1, -0.05) is 59.7 Å². The van der Waals surface area contributed by atoms with Crippen LogP contribution in [0.15, 0.2) is 82.1 Å². The third-order valence-electron chi connectivity index (χ3n) is 4.80. The topological polar surface area (TPSA) is 86.2 Å². The Morgan fingerprint density at radius 2 is 1.53 bits per heavy atom. The predicted molar refractivity (Wildman–Crippen MR) is 117 cm³/mol. The van der Waals surface area contributed by atoms with Crippen LogP contribution >= 0.6 is 0 Å². The number of oxazole rings is 1. The molecule has 0 aliphatic rings. The molecule has 0 saturated carbocycles. The van der Waals surface area contributed by atoms with Crippen molar-refractivity contribution in [2.75, 3.05) is 0 Å². The van der Waals surface area contributed by atoms with E-state index in [9.17, 15) is 8.42 Å². The molecular weight excluding hydrogens is 396 g/mol. The number of aryl methyl sites for hydroxylation is 2. The number of hydrogen-bond acceptors (Lipinski definition) is 4. The summed E-state index contributed by atoms with van der Waals surface area (Å²) in [6.07, 6.45) is 0.496. The van der Waals surface area contributed by atoms with Gasteiger partial charge < -0.3 is 4.42 Å². The van der Waals surface area contributed by atoms with Gasteiger partial charge in [-0.3, -0.25) is 0 Å². The standard InChI is InChI=1S/C24H22N2O3S/c1-16-12-17(2)14-19(13-16)23-24(20-10-6-7-11-21(20)30(25,27)28)29-22(26-23)15-18-8-4-3-5-9-18/h3-14H,15H2,1-2H3,(H2,25,27,28). The first-order chi connectivity index (χ1) is 14.3. The summed E-state index contributed by atoms with van der Waals surface area (Å²) < 4.78 is 30.5. The van der Waals surface area contributed by atoms with Crippen molar-refractivity contribution >= 4 is 10.0 Å². The summed E-state index contributed by atoms with van der Waals surface area (Å²) in [5, 5.41) is 5.47. The average molecular weight is 419 g/mol. The minimum atomic E-state index is -3.93. The minimum absolute atomic E-state index is 0.0121. The molecule has 0 aliphatic carbocycles. The van der Waals surface area contributed by atoms with Gasteiger partial charge in [-0.2, -0.15) is 0 Å². The minimum Gasteiger partial charge on any atom is -0.440 e. The predicted octanol–water partition coefficient (Wildman–Crippen LogP) is 4.86. The molecule has 0 saturated heterocycles. The van der Waals surface area contributed by atoms with Gasteiger partial charge in [0.15, 0.2) is 11.7 Å². The van der Waals surface area contributed by atoms with Crippen LogP contribution in [-0.4, -0.2) is 13.4 Å². The Morgan fingerprint density at radius 1 is 0.900 bits per heavy atom. The van der Waals surface area contributed by atoms with Gasteiger partial charge in [0.05, 0.1) is 4.90 Å². The van der Waals surface area contributed by atoms with E-state index in [0.717, 1.165) is 22.3 Å². The van der Waals surface area contributed by atoms with Gasteiger partial charge in [0.1, 0.15) is 5.69 Å². The molecule has 6 heteroatoms. The lowest BCUT2D eigenvalue weighted by Gasteiger charge is -2.08. The molecule has 0 radical (unpaired) electrons. The molecule has 4 rings (SSSR count). The Balaban J connectivity index is 1.93. The second kappa shape index (κ2) is 7.89. The van der Waals surface area contributed by atoms with Gasteiger partial charge in [0, 0.05) is 17.5 Å². The summed E-state index contributed by atoms with van der Waals surface area (Å²) >= 11 is 0. The van der Waals surface area contributed by atoms with Gasteiger partial charge in [-0.15, -0.1) is 0 Å². The fraction of sp³-hybridized carbons (Fsp3) is 0.125. The zero-order chi connectivity index (χ0) is 21.3. The lowest BCUT2D eigenvalue weighted by molar-refractivity contribution is 0.518. The Bertz CT molecular complexity index is 1290. The second-order valence-electron chi connectivity index (χ2n) is 7.37. The third-order valence-corrected chi connectivity index (χ3v) is 5.77. The van der Waals surface area contributed by atoms with E-state index in [1.807, 2.05) is 56.3 Å². The van der Waals surface area contributed by atoms with Gasteiger partial charge in [0.25, 0.3) is 0 Å². The summed E-state index contributed by atoms with van der Waals surface area (Å²) in [5.74, 6) is 0.908. The van der Waals surface area contributed by atoms with Crippen LogP contribution in [0.1, 0.15) is 22.6 Å². The highest BCUT2D eigenvalue weighted by molar-refractivity contribution is 7.89. The summed E-state index contributed by atoms with van der Waals surface area (Å²) in [5.41, 5.74) is 5.10. The largest absolute Gasteiger partial charge is 0.440 e. The molecule has 152 valence electrons. The SMILES string of the molecule is Cc1cc(C)cc(-c2nc(Cc3ccccc3)oc2-c2ccccc2S(N)(=O)=O)c1. The molecule has 0 spiro atoms. The average Bonchev–Trinajstić information content (AvgIpc) is 3.11. The van der Waals surface area contributed by atoms with E-state index in [2.05, 4.69) is 6.07 Å². The van der Waals surface area contributed by atoms with E-state index < -0.39 is 10.0 Å². The van der Waals surface area contributed by atoms with Crippen molar-refractivity contribution in [3.05, 3.63) is 95.4 Å². The van der Waals surface area contributed by atoms with E-state index in [4.69, 9.17) is 14.5 Å². The molecule has 0 fully saturated rings. The van der Waals surface area contributed by atoms with Crippen molar-refractivity contribution in [2.24, 2.45) is 5.14 Å². The van der Waals surface area contributed by atoms with Crippen LogP contribution < -0.4 is 5.14 Å². The summed E-state index contributed by atoms with van der Waals surface area (Å²) in [6, 6.07) is 22.5. The maximum absolute atomic E-state index is 12.2. The number of aromatic nitrogens is 1. The van der Waals surface area contributed by atoms with Crippen LogP contribution in [0, 0.1) is 13.8 Å². The van der Waals surface area contributed by atoms with Crippen molar-refractivity contribution in [3.8, 4) is 22.6 Å². The van der Waals surface area contributed by atoms with Gasteiger partial charge >= 0.3 is 0 Å². The quantitative estimate of drug-likeness (QED) is 0.501. The summed E-state index contributed by atoms with van der Waals surface area (Å²) in [6.45, 7) is 4.03. The Morgan fingerprint density at radius 3 is 2.20 bits per heavy atom. The number of nitrogens with zero attached hydrogens (tertiary/aromatic N) is 1. The van der Waals surface area contributed by atoms with Gasteiger partial charge in [0.2, 0.25) is 10.0 Å². The highest BCUT2D eigenvalue weighted by Crippen LogP contribution is 2.37. The molecule has 0 amide bonds. The molecule has 3 aromatic carbocycles. The van der Waals surface area contributed by atoms with Gasteiger partial charge in [-0.25, -0.2) is 18.5 Å². The Labute approximate surface area is 176 Å². The number of rotatable bonds is 5. The first-order valence-electron chi connectivity index (χ1n) is 9.56. The van der Waals surface area contributed by atoms with Gasteiger partial charge in [-0.05, 0) is 43.7 Å². The molecule has 4 aromatic rings. The van der Waals surface area contributed by atoms with Crippen molar-refractivity contribution in [1.29, 1.82) is 0 Å². The zero-order valence-corrected chi connectivity index (χ0v) is 17.6. The lowest BCUT2D eigenvalue weighted by Crippen LogP contribution is -2.13. The second-order valence-corrected chi connectivity index (χ2v) is 8.90. The van der Waals surface area contributed by atoms with Crippen LogP contribution in [0.4, 0.5) is 0 Å². The fourth-order valence-electron chi connectivity index (χ4n) is 3.60. The van der Waals surface area contributed by atoms with E-state index in [-0.39, 0.29) is 4.90 Å². The molecular formula is C24H22N2O3S. The maximum Gasteiger partial charge on any atom is 0.238 e. The smallest absolute Gasteiger partial charge is 0.238 e. The number of benzene rings is 3. The van der Waals surface area contributed by atoms with Crippen LogP contribution in [0.5, 0.6) is 0 Å². The monoisotopic (exact) mass is 418 g/mol. The van der Waals surface area contributed by atoms with Crippen LogP contribution in [0.3, 0.4) is 0 Å². The lowest BCUT2D eigenvalue weighted by atomic mass is 10.0. The molecule has 2 N–H and O–H groups in total. The molecule has 0 bridgehead atoms. The van der Waals surface area contributed by atoms with Crippen molar-refractivity contribution in [2.45, 2.75) is 25.2 Å². The van der Waals surface area contributed by atoms with E-state index >= 15 is 0 Å². The highest BCUT2D eigenvalue weighted by atomic mass is 32.2. The first-order valence-corrected chi connectivity index (χ1v) is 11.1. The number of sulfonamides is 1. The molecule has 30 heavy (non-hydrogen) atoms. The molecule has 5 nitrogen and oxygen atoms in total. The van der Waals surface area contributed by atoms with E-state index in [1.54, 1.807) is 18.2 Å². The number of nitrogens with two attached hydrogens (primary N) is 1. The summed E-state index contributed by atoms with van der Waals surface area (Å²) in [4.78, 5) is 4.77. The highest BCUT2D eigenvalue weighted by Gasteiger charge is 2.23. The van der Waals surface area contributed by atoms with Crippen molar-refractivity contribution in [1.82, 2.24) is 4.98 Å². The molecule has 1 aromatic heterocycles. The Kier molecular flexibility index (Phi) is 5.28. The molecule has 1 heterocycles. The maximum atomic E-state index is 12.2. The van der Waals surface area contributed by atoms with Crippen LogP contribution in [0.25, 0.3) is 22.6 Å². The molecule has 0 unspecified atom stereocenters. The summed E-state index contributed by atoms with van der Waals surface area (Å²) in [7, 11) is -3.93. The normalized spacial score (nSPS) is 11.6. The van der Waals surface area contributed by atoms with Crippen molar-refractivity contribution < 1.29 is 12.8 Å². The van der Waals surface area contributed by atoms with Crippen LogP contribution in [-0.2, 0) is 16.4 Å². The fourth-order valence-corrected chi connectivity index (χ4v) is 4.34. The van der Waals surface area contributed by atoms with E-state index in [0.29, 0.717) is 29.3 Å². The number of hydrogen-bond donors (Lipinski definition) is 1.